The highest BCUT2D eigenvalue weighted by molar-refractivity contribution is 5.98. The van der Waals surface area contributed by atoms with E-state index in [1.54, 1.807) is 6.07 Å². The summed E-state index contributed by atoms with van der Waals surface area (Å²) in [5.41, 5.74) is 2.00. The van der Waals surface area contributed by atoms with E-state index in [-0.39, 0.29) is 17.4 Å². The minimum atomic E-state index is 0.000597. The van der Waals surface area contributed by atoms with Crippen molar-refractivity contribution in [1.29, 1.82) is 0 Å². The normalized spacial score (nSPS) is 29.2. The summed E-state index contributed by atoms with van der Waals surface area (Å²) in [5, 5.41) is 16.1. The van der Waals surface area contributed by atoms with E-state index in [1.807, 2.05) is 42.5 Å². The fourth-order valence-electron chi connectivity index (χ4n) is 8.02. The maximum atomic E-state index is 13.4. The van der Waals surface area contributed by atoms with Gasteiger partial charge in [-0.3, -0.25) is 4.79 Å². The van der Waals surface area contributed by atoms with Crippen molar-refractivity contribution in [1.82, 2.24) is 5.32 Å². The van der Waals surface area contributed by atoms with Gasteiger partial charge < -0.3 is 14.9 Å². The molecule has 3 fully saturated rings. The number of amides is 1. The summed E-state index contributed by atoms with van der Waals surface area (Å²) in [6.07, 6.45) is 7.04. The monoisotopic (exact) mass is 511 g/mol. The van der Waals surface area contributed by atoms with Gasteiger partial charge in [-0.2, -0.15) is 0 Å². The molecular weight excluding hydrogens is 468 g/mol. The summed E-state index contributed by atoms with van der Waals surface area (Å²) in [6, 6.07) is 22.4. The summed E-state index contributed by atoms with van der Waals surface area (Å²) >= 11 is 0. The molecule has 2 aliphatic carbocycles. The number of phenols is 1. The third kappa shape index (κ3) is 5.08. The molecule has 0 radical (unpaired) electrons. The molecule has 1 saturated heterocycles. The molecule has 0 bridgehead atoms. The van der Waals surface area contributed by atoms with Gasteiger partial charge in [0.1, 0.15) is 5.75 Å². The van der Waals surface area contributed by atoms with Gasteiger partial charge in [0.25, 0.3) is 5.91 Å². The van der Waals surface area contributed by atoms with Crippen LogP contribution in [-0.4, -0.2) is 47.7 Å². The second kappa shape index (κ2) is 10.0. The van der Waals surface area contributed by atoms with Crippen molar-refractivity contribution in [3.8, 4) is 5.75 Å². The molecule has 1 unspecified atom stereocenters. The molecule has 4 heteroatoms. The number of benzene rings is 3. The van der Waals surface area contributed by atoms with Gasteiger partial charge in [0, 0.05) is 41.2 Å². The van der Waals surface area contributed by atoms with Crippen LogP contribution in [0, 0.1) is 17.8 Å². The van der Waals surface area contributed by atoms with Gasteiger partial charge in [-0.1, -0.05) is 56.3 Å². The number of piperidine rings is 1. The first kappa shape index (κ1) is 25.4. The van der Waals surface area contributed by atoms with E-state index in [1.165, 1.54) is 49.1 Å². The van der Waals surface area contributed by atoms with Crippen LogP contribution in [0.1, 0.15) is 68.3 Å². The number of nitrogens with zero attached hydrogens (tertiary/aromatic N) is 1. The van der Waals surface area contributed by atoms with Gasteiger partial charge in [-0.25, -0.2) is 0 Å². The molecule has 38 heavy (non-hydrogen) atoms. The Morgan fingerprint density at radius 2 is 1.82 bits per heavy atom. The maximum Gasteiger partial charge on any atom is 0.251 e. The smallest absolute Gasteiger partial charge is 0.251 e. The van der Waals surface area contributed by atoms with E-state index in [4.69, 9.17) is 0 Å². The number of rotatable bonds is 7. The van der Waals surface area contributed by atoms with E-state index in [0.29, 0.717) is 17.6 Å². The van der Waals surface area contributed by atoms with Crippen LogP contribution in [0.4, 0.5) is 0 Å². The van der Waals surface area contributed by atoms with Gasteiger partial charge >= 0.3 is 0 Å². The van der Waals surface area contributed by atoms with Crippen LogP contribution < -0.4 is 5.32 Å². The largest absolute Gasteiger partial charge is 0.508 e. The highest BCUT2D eigenvalue weighted by atomic mass is 16.3. The first-order chi connectivity index (χ1) is 18.3. The fourth-order valence-corrected chi connectivity index (χ4v) is 8.02. The summed E-state index contributed by atoms with van der Waals surface area (Å²) in [5.74, 6) is 2.56. The van der Waals surface area contributed by atoms with Crippen LogP contribution in [0.25, 0.3) is 10.8 Å². The molecule has 0 aromatic heterocycles. The number of carbonyl (C=O) groups excluding carboxylic acids is 1. The van der Waals surface area contributed by atoms with Crippen molar-refractivity contribution in [2.45, 2.75) is 63.8 Å². The Morgan fingerprint density at radius 3 is 2.58 bits per heavy atom. The van der Waals surface area contributed by atoms with Crippen molar-refractivity contribution in [2.75, 3.05) is 26.2 Å². The van der Waals surface area contributed by atoms with Crippen LogP contribution in [0.2, 0.25) is 0 Å². The lowest BCUT2D eigenvalue weighted by molar-refractivity contribution is -0.942. The highest BCUT2D eigenvalue weighted by Gasteiger charge is 2.54. The molecule has 1 aliphatic heterocycles. The fraction of sp³-hybridized carbons (Fsp3) is 0.500. The maximum absolute atomic E-state index is 13.4. The van der Waals surface area contributed by atoms with Crippen molar-refractivity contribution in [2.24, 2.45) is 17.8 Å². The number of carbonyl (C=O) groups is 1. The molecule has 2 saturated carbocycles. The molecule has 200 valence electrons. The average Bonchev–Trinajstić information content (AvgIpc) is 3.72. The number of hydrogen-bond acceptors (Lipinski definition) is 2. The van der Waals surface area contributed by atoms with Crippen LogP contribution in [-0.2, 0) is 5.41 Å². The minimum Gasteiger partial charge on any atom is -0.508 e. The quantitative estimate of drug-likeness (QED) is 0.348. The Kier molecular flexibility index (Phi) is 6.72. The first-order valence-electron chi connectivity index (χ1n) is 14.8. The zero-order chi connectivity index (χ0) is 26.3. The lowest BCUT2D eigenvalue weighted by Crippen LogP contribution is -2.64. The minimum absolute atomic E-state index is 0.000597. The molecule has 4 atom stereocenters. The molecule has 3 aromatic carbocycles. The number of quaternary nitrogens is 1. The van der Waals surface area contributed by atoms with Crippen molar-refractivity contribution in [3.05, 3.63) is 77.9 Å². The van der Waals surface area contributed by atoms with Crippen molar-refractivity contribution >= 4 is 16.7 Å². The molecule has 3 aromatic rings. The molecule has 4 nitrogen and oxygen atoms in total. The van der Waals surface area contributed by atoms with Gasteiger partial charge in [-0.15, -0.1) is 0 Å². The van der Waals surface area contributed by atoms with Crippen LogP contribution >= 0.6 is 0 Å². The predicted molar refractivity (Wildman–Crippen MR) is 154 cm³/mol. The van der Waals surface area contributed by atoms with Gasteiger partial charge in [0.05, 0.1) is 26.2 Å². The molecular formula is C34H43N2O2+. The zero-order valence-corrected chi connectivity index (χ0v) is 23.0. The molecule has 1 amide bonds. The van der Waals surface area contributed by atoms with Crippen LogP contribution in [0.15, 0.2) is 66.7 Å². The average molecular weight is 512 g/mol. The van der Waals surface area contributed by atoms with E-state index in [2.05, 4.69) is 37.4 Å². The second-order valence-corrected chi connectivity index (χ2v) is 13.1. The molecule has 3 aliphatic rings. The number of hydrogen-bond donors (Lipinski definition) is 2. The summed E-state index contributed by atoms with van der Waals surface area (Å²) in [7, 11) is 0. The Labute approximate surface area is 227 Å². The number of nitrogens with one attached hydrogen (secondary N) is 1. The number of aromatic hydroxyl groups is 1. The Balaban J connectivity index is 1.26. The summed E-state index contributed by atoms with van der Waals surface area (Å²) in [6.45, 7) is 9.80. The van der Waals surface area contributed by atoms with E-state index in [9.17, 15) is 9.90 Å². The summed E-state index contributed by atoms with van der Waals surface area (Å²) < 4.78 is 1.27. The SMILES string of the molecule is CC(C)C[N@+]1(CC2CC2)CC[C@]2(c3cccc(O)c3)C[C@@H](NC(=O)c3ccc4ccccc4c3)CCC2C1. The first-order valence-corrected chi connectivity index (χ1v) is 14.8. The number of fused-ring (bicyclic) bond motifs is 2. The molecule has 2 N–H and O–H groups in total. The Morgan fingerprint density at radius 1 is 1.00 bits per heavy atom. The molecule has 6 rings (SSSR count). The van der Waals surface area contributed by atoms with E-state index >= 15 is 0 Å². The van der Waals surface area contributed by atoms with Gasteiger partial charge in [0.2, 0.25) is 0 Å². The van der Waals surface area contributed by atoms with Crippen LogP contribution in [0.3, 0.4) is 0 Å². The van der Waals surface area contributed by atoms with Gasteiger partial charge in [0.15, 0.2) is 0 Å². The van der Waals surface area contributed by atoms with Gasteiger partial charge in [-0.05, 0) is 72.7 Å². The van der Waals surface area contributed by atoms with Crippen molar-refractivity contribution in [3.63, 3.8) is 0 Å². The molecule has 1 heterocycles. The third-order valence-electron chi connectivity index (χ3n) is 9.76. The zero-order valence-electron chi connectivity index (χ0n) is 23.0. The second-order valence-electron chi connectivity index (χ2n) is 13.1. The Hall–Kier alpha value is -2.85. The lowest BCUT2D eigenvalue weighted by Gasteiger charge is -2.57. The van der Waals surface area contributed by atoms with E-state index in [0.717, 1.165) is 47.9 Å². The number of phenolic OH excluding ortho intramolecular Hbond substituents is 1. The lowest BCUT2D eigenvalue weighted by atomic mass is 9.57. The van der Waals surface area contributed by atoms with Crippen LogP contribution in [0.5, 0.6) is 5.75 Å². The van der Waals surface area contributed by atoms with E-state index < -0.39 is 0 Å². The summed E-state index contributed by atoms with van der Waals surface area (Å²) in [4.78, 5) is 13.4. The highest BCUT2D eigenvalue weighted by Crippen LogP contribution is 2.52. The molecule has 0 spiro atoms. The van der Waals surface area contributed by atoms with Crippen molar-refractivity contribution < 1.29 is 14.4 Å². The third-order valence-corrected chi connectivity index (χ3v) is 9.76. The number of likely N-dealkylation sites (tertiary alicyclic amines) is 1. The predicted octanol–water partition coefficient (Wildman–Crippen LogP) is 6.67. The topological polar surface area (TPSA) is 49.3 Å². The Bertz CT molecular complexity index is 1310. The standard InChI is InChI=1S/C34H42N2O2/c1-24(2)21-36(22-25-10-11-25)17-16-34(29-8-5-9-32(37)19-29)20-31(15-14-30(34)23-36)35-33(38)28-13-12-26-6-3-4-7-27(26)18-28/h3-9,12-13,18-19,24-25,30-31H,10-11,14-17,20-23H2,1-2H3,(H-,35,37,38)/p+1/t30?,31-,34+,36-/m0/s1.